The van der Waals surface area contributed by atoms with Crippen LogP contribution in [0.4, 0.5) is 14.5 Å². The molecule has 0 aliphatic rings. The molecule has 0 atom stereocenters. The largest absolute Gasteiger partial charge is 0.497 e. The fraction of sp³-hybridized carbons (Fsp3) is 0.111. The van der Waals surface area contributed by atoms with E-state index in [1.807, 2.05) is 0 Å². The Morgan fingerprint density at radius 2 is 1.84 bits per heavy atom. The van der Waals surface area contributed by atoms with Crippen molar-refractivity contribution >= 4 is 23.6 Å². The highest BCUT2D eigenvalue weighted by atomic mass is 19.1. The number of amides is 1. The van der Waals surface area contributed by atoms with Crippen LogP contribution < -0.4 is 10.1 Å². The SMILES string of the molecule is COc1ccc(/C=C/C(=O)OCC(=O)Nc2cc(F)ccc2F)cc1. The minimum Gasteiger partial charge on any atom is -0.497 e. The van der Waals surface area contributed by atoms with Crippen molar-refractivity contribution in [2.45, 2.75) is 0 Å². The molecular weight excluding hydrogens is 332 g/mol. The van der Waals surface area contributed by atoms with E-state index >= 15 is 0 Å². The van der Waals surface area contributed by atoms with Crippen LogP contribution in [-0.4, -0.2) is 25.6 Å². The molecule has 0 radical (unpaired) electrons. The third-order valence-corrected chi connectivity index (χ3v) is 3.08. The van der Waals surface area contributed by atoms with Crippen LogP contribution in [0, 0.1) is 11.6 Å². The van der Waals surface area contributed by atoms with Crippen LogP contribution in [0.15, 0.2) is 48.5 Å². The number of carbonyl (C=O) groups is 2. The highest BCUT2D eigenvalue weighted by Crippen LogP contribution is 2.15. The average molecular weight is 347 g/mol. The Morgan fingerprint density at radius 3 is 2.52 bits per heavy atom. The molecule has 5 nitrogen and oxygen atoms in total. The molecule has 0 spiro atoms. The second-order valence-electron chi connectivity index (χ2n) is 4.89. The number of rotatable bonds is 6. The molecule has 2 rings (SSSR count). The van der Waals surface area contributed by atoms with Crippen molar-refractivity contribution < 1.29 is 27.8 Å². The van der Waals surface area contributed by atoms with Gasteiger partial charge in [-0.15, -0.1) is 0 Å². The molecule has 0 saturated heterocycles. The first-order chi connectivity index (χ1) is 12.0. The van der Waals surface area contributed by atoms with Gasteiger partial charge in [0.05, 0.1) is 12.8 Å². The van der Waals surface area contributed by atoms with Crippen molar-refractivity contribution in [1.82, 2.24) is 0 Å². The molecule has 0 saturated carbocycles. The van der Waals surface area contributed by atoms with Gasteiger partial charge in [-0.1, -0.05) is 12.1 Å². The topological polar surface area (TPSA) is 64.6 Å². The number of nitrogens with one attached hydrogen (secondary N) is 1. The molecular formula is C18H15F2NO4. The van der Waals surface area contributed by atoms with Gasteiger partial charge in [0.15, 0.2) is 6.61 Å². The van der Waals surface area contributed by atoms with E-state index in [0.717, 1.165) is 29.8 Å². The molecule has 0 unspecified atom stereocenters. The zero-order valence-corrected chi connectivity index (χ0v) is 13.3. The van der Waals surface area contributed by atoms with E-state index in [-0.39, 0.29) is 5.69 Å². The van der Waals surface area contributed by atoms with Crippen molar-refractivity contribution in [1.29, 1.82) is 0 Å². The van der Waals surface area contributed by atoms with Crippen molar-refractivity contribution in [3.05, 3.63) is 65.7 Å². The van der Waals surface area contributed by atoms with Crippen LogP contribution in [0.2, 0.25) is 0 Å². The zero-order valence-electron chi connectivity index (χ0n) is 13.3. The van der Waals surface area contributed by atoms with Gasteiger partial charge >= 0.3 is 5.97 Å². The summed E-state index contributed by atoms with van der Waals surface area (Å²) >= 11 is 0. The van der Waals surface area contributed by atoms with Crippen LogP contribution in [0.5, 0.6) is 5.75 Å². The number of carbonyl (C=O) groups excluding carboxylic acids is 2. The van der Waals surface area contributed by atoms with Gasteiger partial charge in [-0.25, -0.2) is 13.6 Å². The molecule has 0 heterocycles. The number of hydrogen-bond acceptors (Lipinski definition) is 4. The maximum atomic E-state index is 13.4. The lowest BCUT2D eigenvalue weighted by atomic mass is 10.2. The minimum absolute atomic E-state index is 0.324. The Morgan fingerprint density at radius 1 is 1.12 bits per heavy atom. The highest BCUT2D eigenvalue weighted by molar-refractivity contribution is 5.94. The number of halogens is 2. The van der Waals surface area contributed by atoms with Gasteiger partial charge < -0.3 is 14.8 Å². The first kappa shape index (κ1) is 18.1. The predicted molar refractivity (Wildman–Crippen MR) is 88.0 cm³/mol. The van der Waals surface area contributed by atoms with Gasteiger partial charge in [0.1, 0.15) is 17.4 Å². The molecule has 0 bridgehead atoms. The van der Waals surface area contributed by atoms with E-state index < -0.39 is 30.1 Å². The predicted octanol–water partition coefficient (Wildman–Crippen LogP) is 3.17. The van der Waals surface area contributed by atoms with E-state index in [9.17, 15) is 18.4 Å². The molecule has 0 aliphatic heterocycles. The number of esters is 1. The van der Waals surface area contributed by atoms with Gasteiger partial charge in [-0.3, -0.25) is 4.79 Å². The number of benzene rings is 2. The Balaban J connectivity index is 1.83. The molecule has 2 aromatic rings. The smallest absolute Gasteiger partial charge is 0.331 e. The second kappa shape index (κ2) is 8.58. The monoisotopic (exact) mass is 347 g/mol. The summed E-state index contributed by atoms with van der Waals surface area (Å²) < 4.78 is 36.1. The Hall–Kier alpha value is -3.22. The molecule has 25 heavy (non-hydrogen) atoms. The van der Waals surface area contributed by atoms with Crippen molar-refractivity contribution in [2.24, 2.45) is 0 Å². The lowest BCUT2D eigenvalue weighted by Gasteiger charge is -2.06. The standard InChI is InChI=1S/C18H15F2NO4/c1-24-14-6-2-12(3-7-14)4-9-18(23)25-11-17(22)21-16-10-13(19)5-8-15(16)20/h2-10H,11H2,1H3,(H,21,22)/b9-4+. The molecule has 1 N–H and O–H groups in total. The summed E-state index contributed by atoms with van der Waals surface area (Å²) in [6.07, 6.45) is 2.66. The van der Waals surface area contributed by atoms with Gasteiger partial charge in [0.2, 0.25) is 0 Å². The fourth-order valence-electron chi connectivity index (χ4n) is 1.84. The van der Waals surface area contributed by atoms with Crippen molar-refractivity contribution in [3.63, 3.8) is 0 Å². The molecule has 1 amide bonds. The van der Waals surface area contributed by atoms with Crippen LogP contribution in [0.1, 0.15) is 5.56 Å². The molecule has 0 aromatic heterocycles. The fourth-order valence-corrected chi connectivity index (χ4v) is 1.84. The van der Waals surface area contributed by atoms with Gasteiger partial charge in [-0.05, 0) is 35.9 Å². The first-order valence-corrected chi connectivity index (χ1v) is 7.22. The summed E-state index contributed by atoms with van der Waals surface area (Å²) in [5, 5.41) is 2.12. The number of hydrogen-bond donors (Lipinski definition) is 1. The van der Waals surface area contributed by atoms with Crippen LogP contribution in [-0.2, 0) is 14.3 Å². The number of anilines is 1. The lowest BCUT2D eigenvalue weighted by Crippen LogP contribution is -2.20. The lowest BCUT2D eigenvalue weighted by molar-refractivity contribution is -0.142. The normalized spacial score (nSPS) is 10.5. The zero-order chi connectivity index (χ0) is 18.2. The van der Waals surface area contributed by atoms with Gasteiger partial charge in [-0.2, -0.15) is 0 Å². The summed E-state index contributed by atoms with van der Waals surface area (Å²) in [6, 6.07) is 9.57. The highest BCUT2D eigenvalue weighted by Gasteiger charge is 2.10. The Kier molecular flexibility index (Phi) is 6.22. The Labute approximate surface area is 142 Å². The second-order valence-corrected chi connectivity index (χ2v) is 4.89. The Bertz CT molecular complexity index is 788. The quantitative estimate of drug-likeness (QED) is 0.644. The summed E-state index contributed by atoms with van der Waals surface area (Å²) in [5.74, 6) is -2.33. The molecule has 130 valence electrons. The van der Waals surface area contributed by atoms with E-state index in [2.05, 4.69) is 5.32 Å². The van der Waals surface area contributed by atoms with E-state index in [0.29, 0.717) is 5.75 Å². The van der Waals surface area contributed by atoms with Crippen molar-refractivity contribution in [2.75, 3.05) is 19.0 Å². The minimum atomic E-state index is -0.791. The number of methoxy groups -OCH3 is 1. The van der Waals surface area contributed by atoms with E-state index in [1.165, 1.54) is 6.08 Å². The van der Waals surface area contributed by atoms with Crippen LogP contribution >= 0.6 is 0 Å². The van der Waals surface area contributed by atoms with Crippen LogP contribution in [0.3, 0.4) is 0 Å². The maximum Gasteiger partial charge on any atom is 0.331 e. The third kappa shape index (κ3) is 5.72. The van der Waals surface area contributed by atoms with Gasteiger partial charge in [0, 0.05) is 12.1 Å². The molecule has 0 aliphatic carbocycles. The van der Waals surface area contributed by atoms with E-state index in [4.69, 9.17) is 9.47 Å². The maximum absolute atomic E-state index is 13.4. The number of ether oxygens (including phenoxy) is 2. The van der Waals surface area contributed by atoms with Crippen molar-refractivity contribution in [3.8, 4) is 5.75 Å². The summed E-state index contributed by atoms with van der Waals surface area (Å²) in [4.78, 5) is 23.2. The van der Waals surface area contributed by atoms with E-state index in [1.54, 1.807) is 31.4 Å². The third-order valence-electron chi connectivity index (χ3n) is 3.08. The molecule has 2 aromatic carbocycles. The first-order valence-electron chi connectivity index (χ1n) is 7.22. The summed E-state index contributed by atoms with van der Waals surface area (Å²) in [5.41, 5.74) is 0.416. The average Bonchev–Trinajstić information content (AvgIpc) is 2.61. The summed E-state index contributed by atoms with van der Waals surface area (Å²) in [6.45, 7) is -0.623. The summed E-state index contributed by atoms with van der Waals surface area (Å²) in [7, 11) is 1.54. The molecule has 0 fully saturated rings. The van der Waals surface area contributed by atoms with Gasteiger partial charge in [0.25, 0.3) is 5.91 Å². The van der Waals surface area contributed by atoms with Crippen LogP contribution in [0.25, 0.3) is 6.08 Å². The molecule has 7 heteroatoms.